The van der Waals surface area contributed by atoms with E-state index in [-0.39, 0.29) is 6.04 Å². The molecule has 1 atom stereocenters. The van der Waals surface area contributed by atoms with Gasteiger partial charge in [-0.05, 0) is 20.8 Å². The summed E-state index contributed by atoms with van der Waals surface area (Å²) in [5.41, 5.74) is -0.981. The quantitative estimate of drug-likeness (QED) is 0.751. The van der Waals surface area contributed by atoms with Crippen molar-refractivity contribution in [1.29, 1.82) is 0 Å². The molecule has 15 heavy (non-hydrogen) atoms. The van der Waals surface area contributed by atoms with Crippen LogP contribution in [-0.2, 0) is 11.8 Å². The van der Waals surface area contributed by atoms with Crippen molar-refractivity contribution in [3.05, 3.63) is 12.2 Å². The fourth-order valence-electron chi connectivity index (χ4n) is 1.35. The first-order valence-corrected chi connectivity index (χ1v) is 4.69. The number of nitrogens with zero attached hydrogens (tertiary/aromatic N) is 3. The summed E-state index contributed by atoms with van der Waals surface area (Å²) in [7, 11) is 1.82. The molecule has 6 heteroatoms. The predicted molar refractivity (Wildman–Crippen MR) is 54.3 cm³/mol. The van der Waals surface area contributed by atoms with E-state index in [0.29, 0.717) is 5.82 Å². The van der Waals surface area contributed by atoms with Crippen LogP contribution < -0.4 is 5.32 Å². The average molecular weight is 212 g/mol. The second-order valence-electron chi connectivity index (χ2n) is 4.10. The Morgan fingerprint density at radius 1 is 1.67 bits per heavy atom. The highest BCUT2D eigenvalue weighted by molar-refractivity contribution is 5.77. The number of carboxylic acid groups (broad SMARTS) is 1. The summed E-state index contributed by atoms with van der Waals surface area (Å²) >= 11 is 0. The lowest BCUT2D eigenvalue weighted by atomic mass is 10.0. The van der Waals surface area contributed by atoms with Crippen LogP contribution in [0.2, 0.25) is 0 Å². The maximum Gasteiger partial charge on any atom is 0.323 e. The summed E-state index contributed by atoms with van der Waals surface area (Å²) in [5, 5.41) is 19.6. The van der Waals surface area contributed by atoms with Gasteiger partial charge in [-0.2, -0.15) is 0 Å². The Balaban J connectivity index is 2.76. The first kappa shape index (κ1) is 11.6. The molecule has 0 aromatic carbocycles. The van der Waals surface area contributed by atoms with Gasteiger partial charge in [-0.1, -0.05) is 0 Å². The zero-order chi connectivity index (χ0) is 11.6. The standard InChI is InChI=1S/C9H16N4O2/c1-6(7-12-10-5-13(7)4)11-9(2,3)8(14)15/h5-6,11H,1-4H3,(H,14,15). The Hall–Kier alpha value is -1.43. The van der Waals surface area contributed by atoms with Crippen LogP contribution >= 0.6 is 0 Å². The second kappa shape index (κ2) is 3.98. The third kappa shape index (κ3) is 2.53. The molecule has 6 nitrogen and oxygen atoms in total. The van der Waals surface area contributed by atoms with Crippen LogP contribution in [0.15, 0.2) is 6.33 Å². The highest BCUT2D eigenvalue weighted by Gasteiger charge is 2.29. The largest absolute Gasteiger partial charge is 0.480 e. The highest BCUT2D eigenvalue weighted by Crippen LogP contribution is 2.13. The van der Waals surface area contributed by atoms with Crippen LogP contribution in [0.25, 0.3) is 0 Å². The molecule has 0 saturated heterocycles. The van der Waals surface area contributed by atoms with Crippen LogP contribution in [0.4, 0.5) is 0 Å². The van der Waals surface area contributed by atoms with Gasteiger partial charge in [-0.3, -0.25) is 10.1 Å². The van der Waals surface area contributed by atoms with E-state index in [2.05, 4.69) is 15.5 Å². The van der Waals surface area contributed by atoms with Gasteiger partial charge in [-0.25, -0.2) is 0 Å². The number of carbonyl (C=O) groups is 1. The van der Waals surface area contributed by atoms with Crippen molar-refractivity contribution in [2.45, 2.75) is 32.4 Å². The molecule has 0 bridgehead atoms. The van der Waals surface area contributed by atoms with Crippen LogP contribution in [-0.4, -0.2) is 31.4 Å². The van der Waals surface area contributed by atoms with Gasteiger partial charge < -0.3 is 9.67 Å². The highest BCUT2D eigenvalue weighted by atomic mass is 16.4. The van der Waals surface area contributed by atoms with E-state index in [9.17, 15) is 4.79 Å². The molecule has 0 fully saturated rings. The van der Waals surface area contributed by atoms with Crippen LogP contribution in [0.1, 0.15) is 32.6 Å². The van der Waals surface area contributed by atoms with Gasteiger partial charge in [0, 0.05) is 7.05 Å². The molecule has 0 aliphatic heterocycles. The van der Waals surface area contributed by atoms with Gasteiger partial charge in [0.05, 0.1) is 6.04 Å². The van der Waals surface area contributed by atoms with Crippen molar-refractivity contribution in [3.63, 3.8) is 0 Å². The minimum absolute atomic E-state index is 0.163. The van der Waals surface area contributed by atoms with E-state index in [0.717, 1.165) is 0 Å². The number of aliphatic carboxylic acids is 1. The molecule has 0 aliphatic carbocycles. The minimum atomic E-state index is -0.981. The third-order valence-electron chi connectivity index (χ3n) is 2.25. The third-order valence-corrected chi connectivity index (χ3v) is 2.25. The van der Waals surface area contributed by atoms with Crippen LogP contribution in [0.3, 0.4) is 0 Å². The van der Waals surface area contributed by atoms with Gasteiger partial charge in [-0.15, -0.1) is 10.2 Å². The summed E-state index contributed by atoms with van der Waals surface area (Å²) < 4.78 is 1.76. The van der Waals surface area contributed by atoms with E-state index in [1.54, 1.807) is 24.7 Å². The summed E-state index contributed by atoms with van der Waals surface area (Å²) in [4.78, 5) is 10.9. The number of nitrogens with one attached hydrogen (secondary N) is 1. The lowest BCUT2D eigenvalue weighted by Gasteiger charge is -2.25. The number of hydrogen-bond acceptors (Lipinski definition) is 4. The summed E-state index contributed by atoms with van der Waals surface area (Å²) in [5.74, 6) is -0.180. The molecule has 0 spiro atoms. The molecule has 0 radical (unpaired) electrons. The molecule has 0 aliphatic rings. The van der Waals surface area contributed by atoms with Crippen LogP contribution in [0.5, 0.6) is 0 Å². The number of carboxylic acids is 1. The van der Waals surface area contributed by atoms with Crippen molar-refractivity contribution < 1.29 is 9.90 Å². The fourth-order valence-corrected chi connectivity index (χ4v) is 1.35. The first-order valence-electron chi connectivity index (χ1n) is 4.69. The molecule has 1 rings (SSSR count). The lowest BCUT2D eigenvalue weighted by molar-refractivity contribution is -0.143. The van der Waals surface area contributed by atoms with Crippen LogP contribution in [0, 0.1) is 0 Å². The lowest BCUT2D eigenvalue weighted by Crippen LogP contribution is -2.48. The minimum Gasteiger partial charge on any atom is -0.480 e. The van der Waals surface area contributed by atoms with E-state index in [4.69, 9.17) is 5.11 Å². The van der Waals surface area contributed by atoms with E-state index in [1.807, 2.05) is 14.0 Å². The summed E-state index contributed by atoms with van der Waals surface area (Å²) in [6, 6.07) is -0.163. The molecule has 0 saturated carbocycles. The SMILES string of the molecule is CC(NC(C)(C)C(=O)O)c1nncn1C. The van der Waals surface area contributed by atoms with Gasteiger partial charge in [0.25, 0.3) is 0 Å². The second-order valence-corrected chi connectivity index (χ2v) is 4.10. The molecule has 1 unspecified atom stereocenters. The molecule has 84 valence electrons. The molecule has 1 aromatic rings. The number of rotatable bonds is 4. The Labute approximate surface area is 88.3 Å². The number of aryl methyl sites for hydroxylation is 1. The Morgan fingerprint density at radius 3 is 2.67 bits per heavy atom. The van der Waals surface area contributed by atoms with Crippen molar-refractivity contribution >= 4 is 5.97 Å². The zero-order valence-electron chi connectivity index (χ0n) is 9.35. The van der Waals surface area contributed by atoms with Crippen molar-refractivity contribution in [2.24, 2.45) is 7.05 Å². The van der Waals surface area contributed by atoms with Crippen molar-refractivity contribution in [2.75, 3.05) is 0 Å². The predicted octanol–water partition coefficient (Wildman–Crippen LogP) is 0.329. The summed E-state index contributed by atoms with van der Waals surface area (Å²) in [6.07, 6.45) is 1.58. The monoisotopic (exact) mass is 212 g/mol. The topological polar surface area (TPSA) is 80.0 Å². The van der Waals surface area contributed by atoms with Crippen molar-refractivity contribution in [1.82, 2.24) is 20.1 Å². The molecular weight excluding hydrogens is 196 g/mol. The molecule has 2 N–H and O–H groups in total. The van der Waals surface area contributed by atoms with Crippen molar-refractivity contribution in [3.8, 4) is 0 Å². The Kier molecular flexibility index (Phi) is 3.09. The summed E-state index contributed by atoms with van der Waals surface area (Å²) in [6.45, 7) is 5.08. The molecule has 1 aromatic heterocycles. The maximum absolute atomic E-state index is 10.9. The molecule has 0 amide bonds. The number of aromatic nitrogens is 3. The fraction of sp³-hybridized carbons (Fsp3) is 0.667. The normalized spacial score (nSPS) is 13.9. The van der Waals surface area contributed by atoms with Gasteiger partial charge in [0.2, 0.25) is 0 Å². The van der Waals surface area contributed by atoms with E-state index in [1.165, 1.54) is 0 Å². The van der Waals surface area contributed by atoms with Gasteiger partial charge in [0.1, 0.15) is 17.7 Å². The molecule has 1 heterocycles. The van der Waals surface area contributed by atoms with Gasteiger partial charge >= 0.3 is 5.97 Å². The smallest absolute Gasteiger partial charge is 0.323 e. The van der Waals surface area contributed by atoms with Gasteiger partial charge in [0.15, 0.2) is 0 Å². The number of hydrogen-bond donors (Lipinski definition) is 2. The first-order chi connectivity index (χ1) is 6.84. The van der Waals surface area contributed by atoms with E-state index >= 15 is 0 Å². The molecular formula is C9H16N4O2. The Bertz CT molecular complexity index is 359. The average Bonchev–Trinajstić information content (AvgIpc) is 2.50. The maximum atomic E-state index is 10.9. The van der Waals surface area contributed by atoms with E-state index < -0.39 is 11.5 Å². The Morgan fingerprint density at radius 2 is 2.27 bits per heavy atom. The zero-order valence-corrected chi connectivity index (χ0v) is 9.35.